The van der Waals surface area contributed by atoms with E-state index in [9.17, 15) is 0 Å². The summed E-state index contributed by atoms with van der Waals surface area (Å²) in [5.41, 5.74) is 0. The van der Waals surface area contributed by atoms with Crippen molar-refractivity contribution in [1.29, 1.82) is 0 Å². The number of ether oxygens (including phenoxy) is 2. The molecule has 0 aliphatic carbocycles. The zero-order valence-electron chi connectivity index (χ0n) is 9.19. The van der Waals surface area contributed by atoms with Gasteiger partial charge in [-0.05, 0) is 25.6 Å². The van der Waals surface area contributed by atoms with Crippen LogP contribution in [0.4, 0.5) is 0 Å². The van der Waals surface area contributed by atoms with E-state index < -0.39 is 0 Å². The highest BCUT2D eigenvalue weighted by Gasteiger charge is 2.24. The van der Waals surface area contributed by atoms with E-state index in [-0.39, 0.29) is 6.10 Å². The van der Waals surface area contributed by atoms with E-state index >= 15 is 0 Å². The minimum Gasteiger partial charge on any atom is -0.486 e. The van der Waals surface area contributed by atoms with Crippen molar-refractivity contribution in [2.24, 2.45) is 0 Å². The lowest BCUT2D eigenvalue weighted by molar-refractivity contribution is 0.0672. The van der Waals surface area contributed by atoms with E-state index in [1.165, 1.54) is 0 Å². The third-order valence-electron chi connectivity index (χ3n) is 2.61. The molecule has 3 heteroatoms. The first-order valence-electron chi connectivity index (χ1n) is 5.43. The summed E-state index contributed by atoms with van der Waals surface area (Å²) in [5, 5.41) is 3.34. The van der Waals surface area contributed by atoms with Crippen LogP contribution in [0.2, 0.25) is 0 Å². The zero-order valence-corrected chi connectivity index (χ0v) is 9.19. The van der Waals surface area contributed by atoms with Gasteiger partial charge in [-0.25, -0.2) is 0 Å². The number of rotatable bonds is 3. The molecule has 0 spiro atoms. The number of para-hydroxylation sites is 2. The van der Waals surface area contributed by atoms with Crippen molar-refractivity contribution < 1.29 is 9.47 Å². The van der Waals surface area contributed by atoms with E-state index in [0.717, 1.165) is 18.0 Å². The fraction of sp³-hybridized carbons (Fsp3) is 0.500. The highest BCUT2D eigenvalue weighted by atomic mass is 16.6. The monoisotopic (exact) mass is 207 g/mol. The third-order valence-corrected chi connectivity index (χ3v) is 2.61. The average molecular weight is 207 g/mol. The topological polar surface area (TPSA) is 30.5 Å². The summed E-state index contributed by atoms with van der Waals surface area (Å²) in [6.45, 7) is 5.77. The molecule has 15 heavy (non-hydrogen) atoms. The van der Waals surface area contributed by atoms with Crippen molar-refractivity contribution >= 4 is 0 Å². The Morgan fingerprint density at radius 1 is 1.40 bits per heavy atom. The predicted molar refractivity (Wildman–Crippen MR) is 59.5 cm³/mol. The highest BCUT2D eigenvalue weighted by Crippen LogP contribution is 2.31. The van der Waals surface area contributed by atoms with Gasteiger partial charge >= 0.3 is 0 Å². The molecule has 0 bridgehead atoms. The Bertz CT molecular complexity index is 327. The molecule has 0 saturated carbocycles. The summed E-state index contributed by atoms with van der Waals surface area (Å²) in [6.07, 6.45) is 0.0971. The van der Waals surface area contributed by atoms with Crippen molar-refractivity contribution in [3.8, 4) is 11.5 Å². The van der Waals surface area contributed by atoms with Crippen molar-refractivity contribution in [1.82, 2.24) is 5.32 Å². The largest absolute Gasteiger partial charge is 0.486 e. The van der Waals surface area contributed by atoms with Crippen LogP contribution in [0, 0.1) is 0 Å². The molecule has 1 aliphatic rings. The van der Waals surface area contributed by atoms with Crippen LogP contribution in [0.3, 0.4) is 0 Å². The lowest BCUT2D eigenvalue weighted by Gasteiger charge is -2.30. The second-order valence-electron chi connectivity index (χ2n) is 3.76. The second kappa shape index (κ2) is 4.53. The molecule has 1 aliphatic heterocycles. The molecule has 3 nitrogen and oxygen atoms in total. The fourth-order valence-corrected chi connectivity index (χ4v) is 1.74. The van der Waals surface area contributed by atoms with Crippen LogP contribution in [0.1, 0.15) is 13.8 Å². The van der Waals surface area contributed by atoms with Crippen molar-refractivity contribution in [2.45, 2.75) is 26.0 Å². The molecule has 2 unspecified atom stereocenters. The molecule has 0 amide bonds. The zero-order chi connectivity index (χ0) is 10.7. The number of likely N-dealkylation sites (N-methyl/N-ethyl adjacent to an activating group) is 1. The quantitative estimate of drug-likeness (QED) is 0.820. The second-order valence-corrected chi connectivity index (χ2v) is 3.76. The van der Waals surface area contributed by atoms with Crippen LogP contribution in [0.5, 0.6) is 11.5 Å². The Balaban J connectivity index is 2.05. The van der Waals surface area contributed by atoms with Gasteiger partial charge in [0, 0.05) is 6.04 Å². The van der Waals surface area contributed by atoms with Crippen LogP contribution >= 0.6 is 0 Å². The first kappa shape index (κ1) is 10.3. The molecule has 2 atom stereocenters. The standard InChI is InChI=1S/C12H17NO2/c1-3-13-9(2)12-8-14-10-6-4-5-7-11(10)15-12/h4-7,9,12-13H,3,8H2,1-2H3. The molecule has 1 N–H and O–H groups in total. The van der Waals surface area contributed by atoms with Gasteiger partial charge in [0.25, 0.3) is 0 Å². The van der Waals surface area contributed by atoms with E-state index in [1.807, 2.05) is 24.3 Å². The first-order valence-corrected chi connectivity index (χ1v) is 5.43. The number of hydrogen-bond acceptors (Lipinski definition) is 3. The first-order chi connectivity index (χ1) is 7.31. The van der Waals surface area contributed by atoms with Crippen LogP contribution in [-0.2, 0) is 0 Å². The smallest absolute Gasteiger partial charge is 0.161 e. The van der Waals surface area contributed by atoms with E-state index in [2.05, 4.69) is 19.2 Å². The molecule has 1 aromatic carbocycles. The van der Waals surface area contributed by atoms with Gasteiger partial charge in [-0.2, -0.15) is 0 Å². The SMILES string of the molecule is CCNC(C)C1COc2ccccc2O1. The van der Waals surface area contributed by atoms with E-state index in [0.29, 0.717) is 12.6 Å². The molecule has 0 radical (unpaired) electrons. The van der Waals surface area contributed by atoms with Gasteiger partial charge in [0.1, 0.15) is 12.7 Å². The summed E-state index contributed by atoms with van der Waals surface area (Å²) in [4.78, 5) is 0. The Morgan fingerprint density at radius 2 is 2.13 bits per heavy atom. The maximum atomic E-state index is 5.86. The average Bonchev–Trinajstić information content (AvgIpc) is 2.29. The van der Waals surface area contributed by atoms with Crippen LogP contribution in [0.25, 0.3) is 0 Å². The maximum Gasteiger partial charge on any atom is 0.161 e. The van der Waals surface area contributed by atoms with Gasteiger partial charge in [-0.1, -0.05) is 19.1 Å². The van der Waals surface area contributed by atoms with E-state index in [1.54, 1.807) is 0 Å². The molecular formula is C12H17NO2. The van der Waals surface area contributed by atoms with Gasteiger partial charge in [0.05, 0.1) is 0 Å². The summed E-state index contributed by atoms with van der Waals surface area (Å²) < 4.78 is 11.5. The Labute approximate surface area is 90.4 Å². The minimum atomic E-state index is 0.0971. The lowest BCUT2D eigenvalue weighted by Crippen LogP contribution is -2.45. The van der Waals surface area contributed by atoms with Crippen molar-refractivity contribution in [2.75, 3.05) is 13.2 Å². The molecule has 1 aromatic rings. The van der Waals surface area contributed by atoms with Gasteiger partial charge in [0.2, 0.25) is 0 Å². The molecule has 82 valence electrons. The van der Waals surface area contributed by atoms with Crippen LogP contribution < -0.4 is 14.8 Å². The summed E-state index contributed by atoms with van der Waals surface area (Å²) >= 11 is 0. The van der Waals surface area contributed by atoms with Gasteiger partial charge in [-0.15, -0.1) is 0 Å². The molecule has 0 saturated heterocycles. The number of hydrogen-bond donors (Lipinski definition) is 1. The molecule has 0 aromatic heterocycles. The molecule has 1 heterocycles. The number of benzene rings is 1. The number of nitrogens with one attached hydrogen (secondary N) is 1. The summed E-state index contributed by atoms with van der Waals surface area (Å²) in [5.74, 6) is 1.69. The van der Waals surface area contributed by atoms with Crippen molar-refractivity contribution in [3.05, 3.63) is 24.3 Å². The summed E-state index contributed by atoms with van der Waals surface area (Å²) in [7, 11) is 0. The summed E-state index contributed by atoms with van der Waals surface area (Å²) in [6, 6.07) is 8.10. The molecular weight excluding hydrogens is 190 g/mol. The van der Waals surface area contributed by atoms with E-state index in [4.69, 9.17) is 9.47 Å². The normalized spacial score (nSPS) is 21.1. The van der Waals surface area contributed by atoms with Gasteiger partial charge < -0.3 is 14.8 Å². The number of fused-ring (bicyclic) bond motifs is 1. The van der Waals surface area contributed by atoms with Crippen LogP contribution in [-0.4, -0.2) is 25.3 Å². The molecule has 2 rings (SSSR count). The third kappa shape index (κ3) is 2.23. The Kier molecular flexibility index (Phi) is 3.11. The van der Waals surface area contributed by atoms with Gasteiger partial charge in [-0.3, -0.25) is 0 Å². The minimum absolute atomic E-state index is 0.0971. The lowest BCUT2D eigenvalue weighted by atomic mass is 10.1. The van der Waals surface area contributed by atoms with Crippen molar-refractivity contribution in [3.63, 3.8) is 0 Å². The highest BCUT2D eigenvalue weighted by molar-refractivity contribution is 5.40. The van der Waals surface area contributed by atoms with Crippen LogP contribution in [0.15, 0.2) is 24.3 Å². The predicted octanol–water partition coefficient (Wildman–Crippen LogP) is 1.82. The fourth-order valence-electron chi connectivity index (χ4n) is 1.74. The maximum absolute atomic E-state index is 5.86. The van der Waals surface area contributed by atoms with Gasteiger partial charge in [0.15, 0.2) is 11.5 Å². The molecule has 0 fully saturated rings. The Hall–Kier alpha value is -1.22. The Morgan fingerprint density at radius 3 is 2.87 bits per heavy atom.